The van der Waals surface area contributed by atoms with E-state index in [0.29, 0.717) is 5.56 Å². The smallest absolute Gasteiger partial charge is 0.141 e. The maximum atomic E-state index is 13.6. The van der Waals surface area contributed by atoms with Gasteiger partial charge in [0.25, 0.3) is 0 Å². The van der Waals surface area contributed by atoms with Crippen molar-refractivity contribution in [2.45, 2.75) is 32.9 Å². The van der Waals surface area contributed by atoms with Gasteiger partial charge in [0.15, 0.2) is 0 Å². The predicted octanol–water partition coefficient (Wildman–Crippen LogP) is 5.34. The van der Waals surface area contributed by atoms with Gasteiger partial charge in [-0.1, -0.05) is 29.8 Å². The van der Waals surface area contributed by atoms with Gasteiger partial charge in [0.05, 0.1) is 5.02 Å². The minimum Gasteiger partial charge on any atom is -0.304 e. The van der Waals surface area contributed by atoms with Crippen LogP contribution in [0.4, 0.5) is 8.78 Å². The molecule has 2 aromatic rings. The summed E-state index contributed by atoms with van der Waals surface area (Å²) >= 11 is 5.80. The van der Waals surface area contributed by atoms with E-state index in [0.717, 1.165) is 11.1 Å². The lowest BCUT2D eigenvalue weighted by molar-refractivity contribution is 0.491. The number of halogens is 3. The average Bonchev–Trinajstić information content (AvgIpc) is 2.44. The molecular formula is C17H18ClF2N. The molecule has 1 N–H and O–H groups in total. The van der Waals surface area contributed by atoms with E-state index in [2.05, 4.69) is 5.32 Å². The predicted molar refractivity (Wildman–Crippen MR) is 82.5 cm³/mol. The summed E-state index contributed by atoms with van der Waals surface area (Å²) in [5.74, 6) is -0.639. The fourth-order valence-corrected chi connectivity index (χ4v) is 2.42. The van der Waals surface area contributed by atoms with Crippen LogP contribution in [0.2, 0.25) is 5.02 Å². The van der Waals surface area contributed by atoms with Crippen molar-refractivity contribution < 1.29 is 8.78 Å². The lowest BCUT2D eigenvalue weighted by Crippen LogP contribution is -2.22. The van der Waals surface area contributed by atoms with Crippen LogP contribution in [-0.4, -0.2) is 0 Å². The molecule has 112 valence electrons. The van der Waals surface area contributed by atoms with E-state index in [1.54, 1.807) is 25.1 Å². The van der Waals surface area contributed by atoms with Crippen LogP contribution in [0.15, 0.2) is 36.4 Å². The van der Waals surface area contributed by atoms with Gasteiger partial charge in [-0.2, -0.15) is 0 Å². The van der Waals surface area contributed by atoms with Crippen molar-refractivity contribution in [3.8, 4) is 0 Å². The zero-order chi connectivity index (χ0) is 15.6. The van der Waals surface area contributed by atoms with E-state index in [1.807, 2.05) is 19.9 Å². The lowest BCUT2D eigenvalue weighted by atomic mass is 10.0. The van der Waals surface area contributed by atoms with Crippen molar-refractivity contribution in [3.05, 3.63) is 69.7 Å². The fourth-order valence-electron chi connectivity index (χ4n) is 2.23. The van der Waals surface area contributed by atoms with Crippen molar-refractivity contribution in [2.24, 2.45) is 0 Å². The summed E-state index contributed by atoms with van der Waals surface area (Å²) in [5, 5.41) is 3.46. The molecule has 0 saturated heterocycles. The number of nitrogens with one attached hydrogen (secondary N) is 1. The van der Waals surface area contributed by atoms with Crippen LogP contribution in [-0.2, 0) is 0 Å². The molecule has 0 amide bonds. The summed E-state index contributed by atoms with van der Waals surface area (Å²) in [4.78, 5) is 0. The third-order valence-electron chi connectivity index (χ3n) is 3.64. The molecule has 0 saturated carbocycles. The molecule has 2 rings (SSSR count). The van der Waals surface area contributed by atoms with Crippen LogP contribution in [0, 0.1) is 18.6 Å². The summed E-state index contributed by atoms with van der Waals surface area (Å²) in [6.07, 6.45) is 0. The van der Waals surface area contributed by atoms with Gasteiger partial charge in [-0.15, -0.1) is 0 Å². The van der Waals surface area contributed by atoms with Gasteiger partial charge in [-0.05, 0) is 55.7 Å². The molecule has 2 aromatic carbocycles. The largest absolute Gasteiger partial charge is 0.304 e. The van der Waals surface area contributed by atoms with Crippen LogP contribution in [0.3, 0.4) is 0 Å². The van der Waals surface area contributed by atoms with Crippen LogP contribution < -0.4 is 5.32 Å². The Kier molecular flexibility index (Phi) is 4.96. The third kappa shape index (κ3) is 3.80. The summed E-state index contributed by atoms with van der Waals surface area (Å²) in [7, 11) is 0. The molecule has 2 atom stereocenters. The van der Waals surface area contributed by atoms with Crippen molar-refractivity contribution >= 4 is 11.6 Å². The van der Waals surface area contributed by atoms with Crippen molar-refractivity contribution in [3.63, 3.8) is 0 Å². The first kappa shape index (κ1) is 15.9. The maximum absolute atomic E-state index is 13.6. The van der Waals surface area contributed by atoms with E-state index in [4.69, 9.17) is 11.6 Å². The van der Waals surface area contributed by atoms with E-state index >= 15 is 0 Å². The van der Waals surface area contributed by atoms with Crippen LogP contribution in [0.25, 0.3) is 0 Å². The molecule has 2 unspecified atom stereocenters. The first-order valence-corrected chi connectivity index (χ1v) is 7.23. The number of aryl methyl sites for hydroxylation is 1. The van der Waals surface area contributed by atoms with Gasteiger partial charge in [-0.25, -0.2) is 8.78 Å². The van der Waals surface area contributed by atoms with E-state index in [9.17, 15) is 8.78 Å². The van der Waals surface area contributed by atoms with Gasteiger partial charge in [0.1, 0.15) is 11.6 Å². The molecule has 0 bridgehead atoms. The summed E-state index contributed by atoms with van der Waals surface area (Å²) in [5.41, 5.74) is 2.39. The van der Waals surface area contributed by atoms with Gasteiger partial charge in [-0.3, -0.25) is 0 Å². The highest BCUT2D eigenvalue weighted by molar-refractivity contribution is 6.30. The van der Waals surface area contributed by atoms with Gasteiger partial charge >= 0.3 is 0 Å². The van der Waals surface area contributed by atoms with Gasteiger partial charge < -0.3 is 5.32 Å². The molecule has 1 nitrogen and oxygen atoms in total. The lowest BCUT2D eigenvalue weighted by Gasteiger charge is -2.21. The zero-order valence-electron chi connectivity index (χ0n) is 12.3. The SMILES string of the molecule is Cc1ccc(C(C)NC(C)c2ccc(F)c(Cl)c2)cc1F. The van der Waals surface area contributed by atoms with E-state index in [-0.39, 0.29) is 22.9 Å². The number of benzene rings is 2. The molecule has 21 heavy (non-hydrogen) atoms. The standard InChI is InChI=1S/C17H18ClF2N/c1-10-4-5-14(9-17(10)20)12(3)21-11(2)13-6-7-16(19)15(18)8-13/h4-9,11-12,21H,1-3H3. The topological polar surface area (TPSA) is 12.0 Å². The summed E-state index contributed by atoms with van der Waals surface area (Å²) in [6, 6.07) is 9.81. The quantitative estimate of drug-likeness (QED) is 0.804. The van der Waals surface area contributed by atoms with Gasteiger partial charge in [0.2, 0.25) is 0 Å². The van der Waals surface area contributed by atoms with Crippen molar-refractivity contribution in [2.75, 3.05) is 0 Å². The summed E-state index contributed by atoms with van der Waals surface area (Å²) < 4.78 is 26.8. The van der Waals surface area contributed by atoms with Crippen LogP contribution in [0.5, 0.6) is 0 Å². The van der Waals surface area contributed by atoms with Crippen molar-refractivity contribution in [1.29, 1.82) is 0 Å². The highest BCUT2D eigenvalue weighted by Crippen LogP contribution is 2.24. The van der Waals surface area contributed by atoms with E-state index in [1.165, 1.54) is 12.1 Å². The molecule has 0 heterocycles. The molecule has 4 heteroatoms. The molecule has 0 aromatic heterocycles. The molecule has 0 aliphatic heterocycles. The molecular weight excluding hydrogens is 292 g/mol. The van der Waals surface area contributed by atoms with Crippen molar-refractivity contribution in [1.82, 2.24) is 5.32 Å². The highest BCUT2D eigenvalue weighted by atomic mass is 35.5. The first-order valence-electron chi connectivity index (χ1n) is 6.85. The zero-order valence-corrected chi connectivity index (χ0v) is 13.0. The normalized spacial score (nSPS) is 14.0. The second kappa shape index (κ2) is 6.54. The average molecular weight is 310 g/mol. The second-order valence-electron chi connectivity index (χ2n) is 5.29. The highest BCUT2D eigenvalue weighted by Gasteiger charge is 2.13. The molecule has 0 fully saturated rings. The Morgan fingerprint density at radius 3 is 2.05 bits per heavy atom. The molecule has 0 aliphatic carbocycles. The fraction of sp³-hybridized carbons (Fsp3) is 0.294. The molecule has 0 spiro atoms. The minimum absolute atomic E-state index is 0.0255. The Morgan fingerprint density at radius 1 is 0.905 bits per heavy atom. The summed E-state index contributed by atoms with van der Waals surface area (Å²) in [6.45, 7) is 5.66. The molecule has 0 aliphatic rings. The third-order valence-corrected chi connectivity index (χ3v) is 3.93. The maximum Gasteiger partial charge on any atom is 0.141 e. The Bertz CT molecular complexity index is 587. The second-order valence-corrected chi connectivity index (χ2v) is 5.70. The monoisotopic (exact) mass is 309 g/mol. The number of hydrogen-bond donors (Lipinski definition) is 1. The Labute approximate surface area is 128 Å². The number of hydrogen-bond acceptors (Lipinski definition) is 1. The van der Waals surface area contributed by atoms with E-state index < -0.39 is 5.82 Å². The minimum atomic E-state index is -0.429. The van der Waals surface area contributed by atoms with Crippen LogP contribution >= 0.6 is 11.6 Å². The van der Waals surface area contributed by atoms with Gasteiger partial charge in [0, 0.05) is 12.1 Å². The number of rotatable bonds is 4. The Balaban J connectivity index is 2.12. The molecule has 0 radical (unpaired) electrons. The Morgan fingerprint density at radius 2 is 1.48 bits per heavy atom. The Hall–Kier alpha value is -1.45. The van der Waals surface area contributed by atoms with Crippen LogP contribution in [0.1, 0.15) is 42.6 Å². The first-order chi connectivity index (χ1) is 9.88.